The third-order valence-electron chi connectivity index (χ3n) is 4.88. The third kappa shape index (κ3) is 3.06. The number of aryl methyl sites for hydroxylation is 1. The van der Waals surface area contributed by atoms with Crippen LogP contribution < -0.4 is 0 Å². The SMILES string of the molecule is Cc1csc(C[C@H]2OC[C@H]3CN(C(=O)c4ncccn4)CC[C@H]32)n1. The molecule has 0 unspecified atom stereocenters. The summed E-state index contributed by atoms with van der Waals surface area (Å²) in [5.74, 6) is 1.12. The highest BCUT2D eigenvalue weighted by Gasteiger charge is 2.42. The van der Waals surface area contributed by atoms with Gasteiger partial charge in [0.2, 0.25) is 5.82 Å². The van der Waals surface area contributed by atoms with Gasteiger partial charge in [0.25, 0.3) is 5.91 Å². The number of nitrogens with zero attached hydrogens (tertiary/aromatic N) is 4. The molecule has 0 bridgehead atoms. The molecule has 6 nitrogen and oxygen atoms in total. The molecule has 0 spiro atoms. The topological polar surface area (TPSA) is 68.2 Å². The van der Waals surface area contributed by atoms with Gasteiger partial charge in [-0.05, 0) is 25.3 Å². The lowest BCUT2D eigenvalue weighted by atomic mass is 9.83. The molecule has 0 aromatic carbocycles. The minimum atomic E-state index is -0.0759. The molecule has 2 fully saturated rings. The summed E-state index contributed by atoms with van der Waals surface area (Å²) in [6, 6.07) is 1.72. The zero-order valence-electron chi connectivity index (χ0n) is 13.6. The summed E-state index contributed by atoms with van der Waals surface area (Å²) < 4.78 is 6.04. The van der Waals surface area contributed by atoms with Crippen LogP contribution >= 0.6 is 11.3 Å². The number of carbonyl (C=O) groups excluding carboxylic acids is 1. The molecule has 0 N–H and O–H groups in total. The molecule has 7 heteroatoms. The summed E-state index contributed by atoms with van der Waals surface area (Å²) in [6.07, 6.45) is 5.30. The van der Waals surface area contributed by atoms with Crippen LogP contribution in [0, 0.1) is 18.8 Å². The van der Waals surface area contributed by atoms with E-state index in [2.05, 4.69) is 20.3 Å². The molecule has 2 saturated heterocycles. The smallest absolute Gasteiger partial charge is 0.291 e. The number of rotatable bonds is 3. The van der Waals surface area contributed by atoms with Gasteiger partial charge in [0.1, 0.15) is 0 Å². The predicted octanol–water partition coefficient (Wildman–Crippen LogP) is 1.96. The standard InChI is InChI=1S/C17H20N4O2S/c1-11-10-24-15(20-11)7-14-13-3-6-21(8-12(13)9-23-14)17(22)16-18-4-2-5-19-16/h2,4-5,10,12-14H,3,6-9H2,1H3/t12-,13-,14-/m1/s1. The van der Waals surface area contributed by atoms with Crippen molar-refractivity contribution in [2.45, 2.75) is 25.9 Å². The van der Waals surface area contributed by atoms with Crippen LogP contribution in [0.4, 0.5) is 0 Å². The highest BCUT2D eigenvalue weighted by atomic mass is 32.1. The van der Waals surface area contributed by atoms with Crippen LogP contribution in [0.3, 0.4) is 0 Å². The van der Waals surface area contributed by atoms with Crippen molar-refractivity contribution in [1.82, 2.24) is 19.9 Å². The van der Waals surface area contributed by atoms with Crippen molar-refractivity contribution in [1.29, 1.82) is 0 Å². The maximum absolute atomic E-state index is 12.5. The number of amides is 1. The van der Waals surface area contributed by atoms with Crippen molar-refractivity contribution in [2.24, 2.45) is 11.8 Å². The van der Waals surface area contributed by atoms with Gasteiger partial charge in [0, 0.05) is 48.9 Å². The van der Waals surface area contributed by atoms with Crippen LogP contribution in [0.15, 0.2) is 23.8 Å². The molecule has 0 radical (unpaired) electrons. The van der Waals surface area contributed by atoms with Crippen molar-refractivity contribution in [3.63, 3.8) is 0 Å². The van der Waals surface area contributed by atoms with Crippen LogP contribution in [0.2, 0.25) is 0 Å². The van der Waals surface area contributed by atoms with Crippen molar-refractivity contribution >= 4 is 17.2 Å². The summed E-state index contributed by atoms with van der Waals surface area (Å²) in [5.41, 5.74) is 1.08. The molecule has 4 rings (SSSR count). The number of piperidine rings is 1. The van der Waals surface area contributed by atoms with E-state index in [4.69, 9.17) is 4.74 Å². The van der Waals surface area contributed by atoms with Crippen molar-refractivity contribution in [3.8, 4) is 0 Å². The first-order chi connectivity index (χ1) is 11.7. The Morgan fingerprint density at radius 3 is 3.00 bits per heavy atom. The van der Waals surface area contributed by atoms with Crippen LogP contribution in [-0.2, 0) is 11.2 Å². The van der Waals surface area contributed by atoms with Crippen LogP contribution in [-0.4, -0.2) is 51.6 Å². The monoisotopic (exact) mass is 344 g/mol. The average Bonchev–Trinajstić information content (AvgIpc) is 3.21. The number of aromatic nitrogens is 3. The number of carbonyl (C=O) groups is 1. The van der Waals surface area contributed by atoms with E-state index in [9.17, 15) is 4.79 Å². The lowest BCUT2D eigenvalue weighted by Gasteiger charge is -2.35. The van der Waals surface area contributed by atoms with Gasteiger partial charge in [0.15, 0.2) is 0 Å². The first-order valence-corrected chi connectivity index (χ1v) is 9.17. The van der Waals surface area contributed by atoms with Crippen molar-refractivity contribution < 1.29 is 9.53 Å². The first-order valence-electron chi connectivity index (χ1n) is 8.29. The Kier molecular flexibility index (Phi) is 4.28. The molecule has 2 aromatic heterocycles. The zero-order chi connectivity index (χ0) is 16.5. The van der Waals surface area contributed by atoms with E-state index in [1.54, 1.807) is 29.8 Å². The Hall–Kier alpha value is -1.86. The summed E-state index contributed by atoms with van der Waals surface area (Å²) in [7, 11) is 0. The van der Waals surface area contributed by atoms with E-state index in [1.165, 1.54) is 0 Å². The van der Waals surface area contributed by atoms with Crippen LogP contribution in [0.25, 0.3) is 0 Å². The fraction of sp³-hybridized carbons (Fsp3) is 0.529. The fourth-order valence-electron chi connectivity index (χ4n) is 3.70. The Labute approximate surface area is 144 Å². The van der Waals surface area contributed by atoms with Gasteiger partial charge in [-0.1, -0.05) is 0 Å². The normalized spacial score (nSPS) is 26.4. The minimum absolute atomic E-state index is 0.0759. The van der Waals surface area contributed by atoms with E-state index >= 15 is 0 Å². The van der Waals surface area contributed by atoms with Crippen molar-refractivity contribution in [2.75, 3.05) is 19.7 Å². The molecule has 4 heterocycles. The average molecular weight is 344 g/mol. The molecule has 0 aliphatic carbocycles. The van der Waals surface area contributed by atoms with Gasteiger partial charge in [-0.2, -0.15) is 0 Å². The molecule has 24 heavy (non-hydrogen) atoms. The maximum atomic E-state index is 12.5. The summed E-state index contributed by atoms with van der Waals surface area (Å²) in [5, 5.41) is 3.23. The molecule has 2 aliphatic heterocycles. The highest BCUT2D eigenvalue weighted by molar-refractivity contribution is 7.09. The summed E-state index contributed by atoms with van der Waals surface area (Å²) >= 11 is 1.71. The minimum Gasteiger partial charge on any atom is -0.377 e. The molecule has 2 aromatic rings. The summed E-state index contributed by atoms with van der Waals surface area (Å²) in [6.45, 7) is 4.22. The van der Waals surface area contributed by atoms with E-state index in [0.29, 0.717) is 11.8 Å². The number of fused-ring (bicyclic) bond motifs is 1. The zero-order valence-corrected chi connectivity index (χ0v) is 14.4. The molecule has 126 valence electrons. The largest absolute Gasteiger partial charge is 0.377 e. The third-order valence-corrected chi connectivity index (χ3v) is 5.87. The lowest BCUT2D eigenvalue weighted by molar-refractivity contribution is 0.0600. The van der Waals surface area contributed by atoms with Gasteiger partial charge < -0.3 is 9.64 Å². The molecule has 3 atom stereocenters. The Balaban J connectivity index is 1.40. The van der Waals surface area contributed by atoms with Gasteiger partial charge >= 0.3 is 0 Å². The van der Waals surface area contributed by atoms with E-state index in [0.717, 1.165) is 43.2 Å². The summed E-state index contributed by atoms with van der Waals surface area (Å²) in [4.78, 5) is 27.1. The fourth-order valence-corrected chi connectivity index (χ4v) is 4.52. The van der Waals surface area contributed by atoms with E-state index < -0.39 is 0 Å². The van der Waals surface area contributed by atoms with Gasteiger partial charge in [0.05, 0.1) is 17.7 Å². The molecule has 0 saturated carbocycles. The second-order valence-corrected chi connectivity index (χ2v) is 7.44. The highest BCUT2D eigenvalue weighted by Crippen LogP contribution is 2.36. The number of hydrogen-bond acceptors (Lipinski definition) is 6. The lowest BCUT2D eigenvalue weighted by Crippen LogP contribution is -2.45. The maximum Gasteiger partial charge on any atom is 0.291 e. The number of thiazole rings is 1. The molecular formula is C17H20N4O2S. The molecular weight excluding hydrogens is 324 g/mol. The van der Waals surface area contributed by atoms with E-state index in [1.807, 2.05) is 11.8 Å². The van der Waals surface area contributed by atoms with Gasteiger partial charge in [-0.25, -0.2) is 15.0 Å². The number of hydrogen-bond donors (Lipinski definition) is 0. The van der Waals surface area contributed by atoms with Crippen LogP contribution in [0.5, 0.6) is 0 Å². The van der Waals surface area contributed by atoms with Gasteiger partial charge in [-0.3, -0.25) is 4.79 Å². The van der Waals surface area contributed by atoms with Crippen LogP contribution in [0.1, 0.15) is 27.7 Å². The first kappa shape index (κ1) is 15.7. The van der Waals surface area contributed by atoms with E-state index in [-0.39, 0.29) is 17.8 Å². The number of ether oxygens (including phenoxy) is 1. The van der Waals surface area contributed by atoms with Gasteiger partial charge in [-0.15, -0.1) is 11.3 Å². The Morgan fingerprint density at radius 2 is 2.25 bits per heavy atom. The number of likely N-dealkylation sites (tertiary alicyclic amines) is 1. The quantitative estimate of drug-likeness (QED) is 0.851. The Morgan fingerprint density at radius 1 is 1.42 bits per heavy atom. The second-order valence-electron chi connectivity index (χ2n) is 6.49. The molecule has 1 amide bonds. The second kappa shape index (κ2) is 6.57. The van der Waals surface area contributed by atoms with Crippen molar-refractivity contribution in [3.05, 3.63) is 40.4 Å². The molecule has 2 aliphatic rings. The predicted molar refractivity (Wildman–Crippen MR) is 89.8 cm³/mol. The Bertz CT molecular complexity index is 720.